The molecule has 116 valence electrons. The van der Waals surface area contributed by atoms with Gasteiger partial charge in [-0.3, -0.25) is 4.79 Å². The average molecular weight is 310 g/mol. The van der Waals surface area contributed by atoms with Gasteiger partial charge in [-0.1, -0.05) is 18.1 Å². The highest BCUT2D eigenvalue weighted by atomic mass is 16.5. The van der Waals surface area contributed by atoms with Crippen LogP contribution in [0.2, 0.25) is 0 Å². The van der Waals surface area contributed by atoms with E-state index in [2.05, 4.69) is 33.2 Å². The van der Waals surface area contributed by atoms with Crippen molar-refractivity contribution >= 4 is 5.97 Å². The molecule has 1 aromatic carbocycles. The monoisotopic (exact) mass is 310 g/mol. The maximum atomic E-state index is 11.1. The lowest BCUT2D eigenvalue weighted by Gasteiger charge is -2.16. The second-order valence-electron chi connectivity index (χ2n) is 4.76. The molecule has 3 rings (SSSR count). The third kappa shape index (κ3) is 3.84. The van der Waals surface area contributed by atoms with E-state index in [1.165, 1.54) is 0 Å². The minimum atomic E-state index is -1.02. The predicted molar refractivity (Wildman–Crippen MR) is 81.9 cm³/mol. The number of hydrazine groups is 2. The van der Waals surface area contributed by atoms with Crippen LogP contribution in [-0.4, -0.2) is 28.3 Å². The number of aliphatic carboxylic acids is 1. The molecule has 2 heterocycles. The van der Waals surface area contributed by atoms with E-state index in [1.54, 1.807) is 24.4 Å². The normalized spacial score (nSPS) is 19.7. The van der Waals surface area contributed by atoms with E-state index in [4.69, 9.17) is 9.84 Å². The van der Waals surface area contributed by atoms with Crippen LogP contribution < -0.4 is 21.1 Å². The van der Waals surface area contributed by atoms with Crippen molar-refractivity contribution < 1.29 is 14.6 Å². The Kier molecular flexibility index (Phi) is 4.49. The number of hydrogen-bond acceptors (Lipinski definition) is 6. The summed E-state index contributed by atoms with van der Waals surface area (Å²) < 4.78 is 5.64. The number of carbonyl (C=O) groups is 1. The smallest absolute Gasteiger partial charge is 0.327 e. The summed E-state index contributed by atoms with van der Waals surface area (Å²) in [7, 11) is 0. The quantitative estimate of drug-likeness (QED) is 0.604. The predicted octanol–water partition coefficient (Wildman–Crippen LogP) is 0.252. The van der Waals surface area contributed by atoms with Crippen LogP contribution in [0.15, 0.2) is 48.7 Å². The first kappa shape index (κ1) is 15.0. The minimum Gasteiger partial charge on any atom is -0.480 e. The van der Waals surface area contributed by atoms with Gasteiger partial charge in [0.15, 0.2) is 12.3 Å². The largest absolute Gasteiger partial charge is 0.480 e. The summed E-state index contributed by atoms with van der Waals surface area (Å²) in [5.41, 5.74) is 9.24. The van der Waals surface area contributed by atoms with Crippen molar-refractivity contribution in [2.75, 3.05) is 0 Å². The summed E-state index contributed by atoms with van der Waals surface area (Å²) in [5, 5.41) is 9.07. The second kappa shape index (κ2) is 6.89. The Bertz CT molecular complexity index is 755. The summed E-state index contributed by atoms with van der Waals surface area (Å²) >= 11 is 0. The average Bonchev–Trinajstić information content (AvgIpc) is 3.03. The van der Waals surface area contributed by atoms with Gasteiger partial charge in [-0.25, -0.2) is 15.8 Å². The van der Waals surface area contributed by atoms with Crippen LogP contribution >= 0.6 is 0 Å². The van der Waals surface area contributed by atoms with E-state index in [9.17, 15) is 4.79 Å². The minimum absolute atomic E-state index is 0.520. The first-order chi connectivity index (χ1) is 11.2. The number of hydrogen-bond donors (Lipinski definition) is 4. The molecule has 0 amide bonds. The molecule has 0 saturated carbocycles. The zero-order valence-electron chi connectivity index (χ0n) is 12.0. The van der Waals surface area contributed by atoms with E-state index in [0.29, 0.717) is 11.4 Å². The topological polar surface area (TPSA) is 95.5 Å². The molecule has 1 aromatic heterocycles. The molecule has 23 heavy (non-hydrogen) atoms. The number of nitrogens with one attached hydrogen (secondary N) is 3. The lowest BCUT2D eigenvalue weighted by molar-refractivity contribution is -0.141. The summed E-state index contributed by atoms with van der Waals surface area (Å²) in [6.45, 7) is 0. The third-order valence-corrected chi connectivity index (χ3v) is 3.11. The number of rotatable bonds is 3. The molecule has 0 radical (unpaired) electrons. The van der Waals surface area contributed by atoms with Crippen molar-refractivity contribution in [2.45, 2.75) is 12.3 Å². The van der Waals surface area contributed by atoms with E-state index < -0.39 is 18.2 Å². The second-order valence-corrected chi connectivity index (χ2v) is 4.76. The van der Waals surface area contributed by atoms with Gasteiger partial charge in [0.2, 0.25) is 0 Å². The molecular weight excluding hydrogens is 296 g/mol. The SMILES string of the molecule is O=C(O)C1NNNC1Oc1cccc(C#Cc2ccccn2)c1. The number of pyridine rings is 1. The van der Waals surface area contributed by atoms with Gasteiger partial charge in [0, 0.05) is 11.8 Å². The number of carboxylic acid groups (broad SMARTS) is 1. The Morgan fingerprint density at radius 1 is 1.17 bits per heavy atom. The summed E-state index contributed by atoms with van der Waals surface area (Å²) in [5.74, 6) is 5.46. The third-order valence-electron chi connectivity index (χ3n) is 3.11. The van der Waals surface area contributed by atoms with Crippen LogP contribution in [0, 0.1) is 11.8 Å². The molecule has 1 saturated heterocycles. The van der Waals surface area contributed by atoms with E-state index in [1.807, 2.05) is 24.3 Å². The van der Waals surface area contributed by atoms with Crippen molar-refractivity contribution in [3.05, 3.63) is 59.9 Å². The van der Waals surface area contributed by atoms with Gasteiger partial charge in [0.05, 0.1) is 0 Å². The molecule has 1 fully saturated rings. The molecule has 7 heteroatoms. The molecule has 0 bridgehead atoms. The summed E-state index contributed by atoms with van der Waals surface area (Å²) in [6.07, 6.45) is 0.952. The van der Waals surface area contributed by atoms with E-state index >= 15 is 0 Å². The van der Waals surface area contributed by atoms with Crippen LogP contribution in [0.4, 0.5) is 0 Å². The van der Waals surface area contributed by atoms with Crippen molar-refractivity contribution in [3.8, 4) is 17.6 Å². The van der Waals surface area contributed by atoms with Gasteiger partial charge in [0.1, 0.15) is 11.4 Å². The Balaban J connectivity index is 1.73. The summed E-state index contributed by atoms with van der Waals surface area (Å²) in [6, 6.07) is 11.8. The molecule has 2 aromatic rings. The van der Waals surface area contributed by atoms with Crippen LogP contribution in [0.25, 0.3) is 0 Å². The van der Waals surface area contributed by atoms with Crippen molar-refractivity contribution in [2.24, 2.45) is 0 Å². The zero-order chi connectivity index (χ0) is 16.1. The maximum absolute atomic E-state index is 11.1. The molecule has 1 aliphatic heterocycles. The number of ether oxygens (including phenoxy) is 1. The number of nitrogens with zero attached hydrogens (tertiary/aromatic N) is 1. The fourth-order valence-electron chi connectivity index (χ4n) is 2.00. The Hall–Kier alpha value is -2.92. The fourth-order valence-corrected chi connectivity index (χ4v) is 2.00. The number of benzene rings is 1. The van der Waals surface area contributed by atoms with E-state index in [-0.39, 0.29) is 0 Å². The van der Waals surface area contributed by atoms with E-state index in [0.717, 1.165) is 5.56 Å². The lowest BCUT2D eigenvalue weighted by Crippen LogP contribution is -2.44. The van der Waals surface area contributed by atoms with Gasteiger partial charge in [-0.05, 0) is 36.3 Å². The lowest BCUT2D eigenvalue weighted by atomic mass is 10.2. The number of carboxylic acids is 1. The highest BCUT2D eigenvalue weighted by Gasteiger charge is 2.34. The van der Waals surface area contributed by atoms with Crippen LogP contribution in [0.5, 0.6) is 5.75 Å². The van der Waals surface area contributed by atoms with Crippen LogP contribution in [0.3, 0.4) is 0 Å². The van der Waals surface area contributed by atoms with Crippen molar-refractivity contribution in [1.29, 1.82) is 0 Å². The Labute approximate surface area is 132 Å². The molecule has 4 N–H and O–H groups in total. The molecule has 2 unspecified atom stereocenters. The first-order valence-corrected chi connectivity index (χ1v) is 6.91. The molecular formula is C16H14N4O3. The zero-order valence-corrected chi connectivity index (χ0v) is 12.0. The molecule has 0 spiro atoms. The summed E-state index contributed by atoms with van der Waals surface area (Å²) in [4.78, 5) is 15.2. The Morgan fingerprint density at radius 2 is 2.09 bits per heavy atom. The highest BCUT2D eigenvalue weighted by Crippen LogP contribution is 2.15. The van der Waals surface area contributed by atoms with Gasteiger partial charge in [-0.2, -0.15) is 5.53 Å². The van der Waals surface area contributed by atoms with Gasteiger partial charge >= 0.3 is 5.97 Å². The van der Waals surface area contributed by atoms with Crippen LogP contribution in [-0.2, 0) is 4.79 Å². The van der Waals surface area contributed by atoms with Gasteiger partial charge in [0.25, 0.3) is 0 Å². The molecule has 0 aliphatic carbocycles. The first-order valence-electron chi connectivity index (χ1n) is 6.91. The van der Waals surface area contributed by atoms with Crippen molar-refractivity contribution in [1.82, 2.24) is 21.4 Å². The maximum Gasteiger partial charge on any atom is 0.327 e. The van der Waals surface area contributed by atoms with Gasteiger partial charge < -0.3 is 9.84 Å². The molecule has 1 aliphatic rings. The standard InChI is InChI=1S/C16H14N4O3/c21-16(22)14-15(19-20-18-14)23-13-6-3-4-11(10-13)7-8-12-5-1-2-9-17-12/h1-6,9-10,14-15,18-20H,(H,21,22). The molecule has 2 atom stereocenters. The highest BCUT2D eigenvalue weighted by molar-refractivity contribution is 5.74. The van der Waals surface area contributed by atoms with Crippen molar-refractivity contribution in [3.63, 3.8) is 0 Å². The van der Waals surface area contributed by atoms with Crippen LogP contribution in [0.1, 0.15) is 11.3 Å². The molecule has 7 nitrogen and oxygen atoms in total. The Morgan fingerprint density at radius 3 is 2.87 bits per heavy atom. The van der Waals surface area contributed by atoms with Gasteiger partial charge in [-0.15, -0.1) is 0 Å². The fraction of sp³-hybridized carbons (Fsp3) is 0.125. The number of aromatic nitrogens is 1.